The fourth-order valence-electron chi connectivity index (χ4n) is 1.34. The lowest BCUT2D eigenvalue weighted by Crippen LogP contribution is -2.31. The molecule has 0 radical (unpaired) electrons. The number of hydrogen-bond donors (Lipinski definition) is 2. The Morgan fingerprint density at radius 2 is 2.20 bits per heavy atom. The number of aryl methyl sites for hydroxylation is 2. The van der Waals surface area contributed by atoms with Crippen molar-refractivity contribution < 1.29 is 9.32 Å². The Hall–Kier alpha value is -1.36. The molecule has 0 bridgehead atoms. The van der Waals surface area contributed by atoms with Crippen LogP contribution in [0.3, 0.4) is 0 Å². The minimum atomic E-state index is -0.110. The topological polar surface area (TPSA) is 67.2 Å². The van der Waals surface area contributed by atoms with Gasteiger partial charge in [-0.2, -0.15) is 0 Å². The number of hydrogen-bond acceptors (Lipinski definition) is 4. The first-order valence-electron chi connectivity index (χ1n) is 5.08. The quantitative estimate of drug-likeness (QED) is 0.696. The number of likely N-dealkylation sites (N-methyl/N-ethyl adjacent to an activating group) is 1. The number of amides is 1. The van der Waals surface area contributed by atoms with Crippen LogP contribution in [0.1, 0.15) is 28.7 Å². The van der Waals surface area contributed by atoms with Gasteiger partial charge in [-0.25, -0.2) is 0 Å². The molecule has 0 spiro atoms. The molecule has 0 aliphatic carbocycles. The van der Waals surface area contributed by atoms with E-state index in [0.717, 1.165) is 6.54 Å². The smallest absolute Gasteiger partial charge is 0.256 e. The van der Waals surface area contributed by atoms with E-state index in [1.165, 1.54) is 0 Å². The van der Waals surface area contributed by atoms with Crippen molar-refractivity contribution in [2.24, 2.45) is 0 Å². The lowest BCUT2D eigenvalue weighted by atomic mass is 10.1. The molecule has 15 heavy (non-hydrogen) atoms. The van der Waals surface area contributed by atoms with Crippen molar-refractivity contribution in [2.45, 2.75) is 20.3 Å². The second-order valence-corrected chi connectivity index (χ2v) is 3.28. The maximum Gasteiger partial charge on any atom is 0.256 e. The van der Waals surface area contributed by atoms with Crippen LogP contribution in [-0.4, -0.2) is 31.2 Å². The zero-order chi connectivity index (χ0) is 11.3. The summed E-state index contributed by atoms with van der Waals surface area (Å²) in [4.78, 5) is 11.7. The molecule has 0 saturated heterocycles. The van der Waals surface area contributed by atoms with Gasteiger partial charge >= 0.3 is 0 Å². The van der Waals surface area contributed by atoms with E-state index in [-0.39, 0.29) is 5.91 Å². The Morgan fingerprint density at radius 1 is 1.47 bits per heavy atom. The summed E-state index contributed by atoms with van der Waals surface area (Å²) >= 11 is 0. The zero-order valence-corrected chi connectivity index (χ0v) is 9.39. The highest BCUT2D eigenvalue weighted by Gasteiger charge is 2.18. The van der Waals surface area contributed by atoms with Crippen LogP contribution in [0.25, 0.3) is 0 Å². The zero-order valence-electron chi connectivity index (χ0n) is 9.39. The summed E-state index contributed by atoms with van der Waals surface area (Å²) in [5.41, 5.74) is 1.22. The van der Waals surface area contributed by atoms with Gasteiger partial charge in [-0.3, -0.25) is 4.79 Å². The van der Waals surface area contributed by atoms with Gasteiger partial charge in [0, 0.05) is 19.5 Å². The normalized spacial score (nSPS) is 10.3. The molecule has 2 N–H and O–H groups in total. The fourth-order valence-corrected chi connectivity index (χ4v) is 1.34. The van der Waals surface area contributed by atoms with Crippen LogP contribution in [0.2, 0.25) is 0 Å². The molecule has 1 amide bonds. The molecule has 1 aromatic rings. The number of aromatic nitrogens is 1. The van der Waals surface area contributed by atoms with Crippen molar-refractivity contribution in [3.63, 3.8) is 0 Å². The van der Waals surface area contributed by atoms with E-state index in [4.69, 9.17) is 4.52 Å². The molecule has 0 aliphatic heterocycles. The van der Waals surface area contributed by atoms with Crippen LogP contribution in [0.4, 0.5) is 0 Å². The molecular weight excluding hydrogens is 194 g/mol. The van der Waals surface area contributed by atoms with Crippen LogP contribution < -0.4 is 10.6 Å². The summed E-state index contributed by atoms with van der Waals surface area (Å²) in [6.45, 7) is 5.06. The predicted molar refractivity (Wildman–Crippen MR) is 56.9 cm³/mol. The van der Waals surface area contributed by atoms with Gasteiger partial charge in [0.15, 0.2) is 0 Å². The molecule has 0 unspecified atom stereocenters. The van der Waals surface area contributed by atoms with Gasteiger partial charge < -0.3 is 15.2 Å². The van der Waals surface area contributed by atoms with E-state index >= 15 is 0 Å². The van der Waals surface area contributed by atoms with Gasteiger partial charge in [-0.15, -0.1) is 0 Å². The minimum absolute atomic E-state index is 0.110. The fraction of sp³-hybridized carbons (Fsp3) is 0.600. The molecule has 0 aliphatic rings. The highest BCUT2D eigenvalue weighted by atomic mass is 16.5. The molecule has 1 aromatic heterocycles. The molecule has 0 atom stereocenters. The minimum Gasteiger partial charge on any atom is -0.360 e. The Kier molecular flexibility index (Phi) is 4.30. The van der Waals surface area contributed by atoms with Gasteiger partial charge in [0.1, 0.15) is 11.3 Å². The van der Waals surface area contributed by atoms with E-state index in [1.807, 2.05) is 14.0 Å². The average molecular weight is 211 g/mol. The Bertz CT molecular complexity index is 333. The standard InChI is InChI=1S/C10H17N3O2/c1-4-8-9(7(2)13-15-8)10(14)12-6-5-11-3/h11H,4-6H2,1-3H3,(H,12,14). The van der Waals surface area contributed by atoms with Crippen LogP contribution in [0.15, 0.2) is 4.52 Å². The number of carbonyl (C=O) groups is 1. The molecule has 84 valence electrons. The molecule has 1 heterocycles. The van der Waals surface area contributed by atoms with E-state index in [9.17, 15) is 4.79 Å². The third-order valence-electron chi connectivity index (χ3n) is 2.14. The van der Waals surface area contributed by atoms with Crippen molar-refractivity contribution >= 4 is 5.91 Å². The SMILES string of the molecule is CCc1onc(C)c1C(=O)NCCNC. The monoisotopic (exact) mass is 211 g/mol. The van der Waals surface area contributed by atoms with Crippen LogP contribution in [0, 0.1) is 6.92 Å². The van der Waals surface area contributed by atoms with Gasteiger partial charge in [-0.1, -0.05) is 12.1 Å². The van der Waals surface area contributed by atoms with E-state index < -0.39 is 0 Å². The summed E-state index contributed by atoms with van der Waals surface area (Å²) in [7, 11) is 1.84. The van der Waals surface area contributed by atoms with E-state index in [0.29, 0.717) is 30.0 Å². The molecule has 5 nitrogen and oxygen atoms in total. The third-order valence-corrected chi connectivity index (χ3v) is 2.14. The van der Waals surface area contributed by atoms with Crippen molar-refractivity contribution in [1.29, 1.82) is 0 Å². The van der Waals surface area contributed by atoms with Gasteiger partial charge in [-0.05, 0) is 14.0 Å². The first kappa shape index (κ1) is 11.7. The van der Waals surface area contributed by atoms with Crippen LogP contribution in [0.5, 0.6) is 0 Å². The molecule has 1 rings (SSSR count). The van der Waals surface area contributed by atoms with Crippen LogP contribution in [-0.2, 0) is 6.42 Å². The molecular formula is C10H17N3O2. The van der Waals surface area contributed by atoms with Crippen molar-refractivity contribution in [2.75, 3.05) is 20.1 Å². The Balaban J connectivity index is 2.67. The van der Waals surface area contributed by atoms with Crippen molar-refractivity contribution in [3.05, 3.63) is 17.0 Å². The van der Waals surface area contributed by atoms with E-state index in [2.05, 4.69) is 15.8 Å². The first-order chi connectivity index (χ1) is 7.20. The number of nitrogens with zero attached hydrogens (tertiary/aromatic N) is 1. The lowest BCUT2D eigenvalue weighted by molar-refractivity contribution is 0.0951. The van der Waals surface area contributed by atoms with Crippen molar-refractivity contribution in [1.82, 2.24) is 15.8 Å². The first-order valence-corrected chi connectivity index (χ1v) is 5.08. The number of rotatable bonds is 5. The maximum atomic E-state index is 11.7. The molecule has 5 heteroatoms. The largest absolute Gasteiger partial charge is 0.360 e. The highest BCUT2D eigenvalue weighted by molar-refractivity contribution is 5.96. The predicted octanol–water partition coefficient (Wildman–Crippen LogP) is 0.495. The highest BCUT2D eigenvalue weighted by Crippen LogP contribution is 2.13. The second kappa shape index (κ2) is 5.50. The number of nitrogens with one attached hydrogen (secondary N) is 2. The molecule has 0 aromatic carbocycles. The Labute approximate surface area is 89.2 Å². The lowest BCUT2D eigenvalue weighted by Gasteiger charge is -2.03. The number of carbonyl (C=O) groups excluding carboxylic acids is 1. The maximum absolute atomic E-state index is 11.7. The summed E-state index contributed by atoms with van der Waals surface area (Å²) in [5.74, 6) is 0.537. The van der Waals surface area contributed by atoms with Crippen molar-refractivity contribution in [3.8, 4) is 0 Å². The summed E-state index contributed by atoms with van der Waals surface area (Å²) in [6.07, 6.45) is 0.676. The summed E-state index contributed by atoms with van der Waals surface area (Å²) in [6, 6.07) is 0. The third kappa shape index (κ3) is 2.79. The summed E-state index contributed by atoms with van der Waals surface area (Å²) < 4.78 is 5.05. The van der Waals surface area contributed by atoms with Crippen LogP contribution >= 0.6 is 0 Å². The second-order valence-electron chi connectivity index (χ2n) is 3.28. The van der Waals surface area contributed by atoms with E-state index in [1.54, 1.807) is 6.92 Å². The molecule has 0 saturated carbocycles. The average Bonchev–Trinajstić information content (AvgIpc) is 2.59. The van der Waals surface area contributed by atoms with Gasteiger partial charge in [0.2, 0.25) is 0 Å². The summed E-state index contributed by atoms with van der Waals surface area (Å²) in [5, 5.41) is 9.54. The Morgan fingerprint density at radius 3 is 2.80 bits per heavy atom. The van der Waals surface area contributed by atoms with Gasteiger partial charge in [0.25, 0.3) is 5.91 Å². The van der Waals surface area contributed by atoms with Gasteiger partial charge in [0.05, 0.1) is 5.69 Å². The molecule has 0 fully saturated rings.